The van der Waals surface area contributed by atoms with Crippen molar-refractivity contribution in [3.05, 3.63) is 130 Å². The summed E-state index contributed by atoms with van der Waals surface area (Å²) in [6.07, 6.45) is 13.1. The molecule has 3 aliphatic rings. The molecule has 0 saturated heterocycles. The number of hydrogen-bond donors (Lipinski definition) is 0. The minimum absolute atomic E-state index is 0.0630. The third-order valence-corrected chi connectivity index (χ3v) is 11.1. The maximum atomic E-state index is 12.4. The number of hydrogen-bond acceptors (Lipinski definition) is 3. The van der Waals surface area contributed by atoms with Gasteiger partial charge in [0.15, 0.2) is 5.71 Å². The molecule has 3 aromatic rings. The summed E-state index contributed by atoms with van der Waals surface area (Å²) < 4.78 is 7.91. The highest BCUT2D eigenvalue weighted by atomic mass is 35.5. The Morgan fingerprint density at radius 1 is 0.918 bits per heavy atom. The van der Waals surface area contributed by atoms with Crippen LogP contribution in [0.1, 0.15) is 90.7 Å². The van der Waals surface area contributed by atoms with Gasteiger partial charge in [-0.3, -0.25) is 4.79 Å². The zero-order valence-corrected chi connectivity index (χ0v) is 30.5. The van der Waals surface area contributed by atoms with Gasteiger partial charge >= 0.3 is 5.97 Å². The SMILES string of the molecule is CC[N+]1=C(/C=C/C2=C(Cl)C(C=C=C3N(CCCCCC(=O)Oc4ccccc4)c4ccccc4C3(C)C)CCC2)C(C)(C)c2ccccc21. The number of ether oxygens (including phenoxy) is 1. The molecule has 49 heavy (non-hydrogen) atoms. The van der Waals surface area contributed by atoms with Gasteiger partial charge in [-0.2, -0.15) is 4.58 Å². The molecule has 6 rings (SSSR count). The third-order valence-electron chi connectivity index (χ3n) is 10.5. The quantitative estimate of drug-likeness (QED) is 0.0667. The molecule has 0 aromatic heterocycles. The summed E-state index contributed by atoms with van der Waals surface area (Å²) >= 11 is 7.22. The fourth-order valence-corrected chi connectivity index (χ4v) is 8.19. The summed E-state index contributed by atoms with van der Waals surface area (Å²) in [6, 6.07) is 26.8. The molecule has 4 nitrogen and oxygen atoms in total. The highest BCUT2D eigenvalue weighted by Crippen LogP contribution is 2.47. The Hall–Kier alpha value is -4.11. The molecule has 0 N–H and O–H groups in total. The molecule has 1 atom stereocenters. The highest BCUT2D eigenvalue weighted by Gasteiger charge is 2.43. The smallest absolute Gasteiger partial charge is 0.311 e. The largest absolute Gasteiger partial charge is 0.427 e. The number of anilines is 1. The first-order chi connectivity index (χ1) is 23.6. The van der Waals surface area contributed by atoms with E-state index >= 15 is 0 Å². The van der Waals surface area contributed by atoms with E-state index < -0.39 is 0 Å². The minimum atomic E-state index is -0.177. The number of fused-ring (bicyclic) bond motifs is 2. The van der Waals surface area contributed by atoms with Gasteiger partial charge < -0.3 is 9.64 Å². The first kappa shape index (κ1) is 34.7. The lowest BCUT2D eigenvalue weighted by Crippen LogP contribution is -2.27. The van der Waals surface area contributed by atoms with E-state index in [0.29, 0.717) is 12.2 Å². The van der Waals surface area contributed by atoms with Crippen LogP contribution in [0.15, 0.2) is 119 Å². The lowest BCUT2D eigenvalue weighted by molar-refractivity contribution is -0.433. The average Bonchev–Trinajstić information content (AvgIpc) is 3.45. The zero-order chi connectivity index (χ0) is 34.6. The van der Waals surface area contributed by atoms with Crippen molar-refractivity contribution in [3.8, 4) is 5.75 Å². The lowest BCUT2D eigenvalue weighted by Gasteiger charge is -2.26. The number of halogens is 1. The van der Waals surface area contributed by atoms with Gasteiger partial charge in [-0.25, -0.2) is 0 Å². The predicted molar refractivity (Wildman–Crippen MR) is 203 cm³/mol. The summed E-state index contributed by atoms with van der Waals surface area (Å²) in [6.45, 7) is 13.3. The van der Waals surface area contributed by atoms with Crippen LogP contribution in [0.2, 0.25) is 0 Å². The van der Waals surface area contributed by atoms with Crippen molar-refractivity contribution in [2.75, 3.05) is 18.0 Å². The fraction of sp³-hybridized carbons (Fsp3) is 0.386. The van der Waals surface area contributed by atoms with E-state index in [0.717, 1.165) is 56.6 Å². The van der Waals surface area contributed by atoms with Crippen molar-refractivity contribution in [1.29, 1.82) is 0 Å². The Morgan fingerprint density at radius 3 is 2.41 bits per heavy atom. The van der Waals surface area contributed by atoms with Gasteiger partial charge in [-0.1, -0.05) is 78.7 Å². The number of carbonyl (C=O) groups excluding carboxylic acids is 1. The van der Waals surface area contributed by atoms with Gasteiger partial charge in [0.25, 0.3) is 0 Å². The Kier molecular flexibility index (Phi) is 10.5. The van der Waals surface area contributed by atoms with E-state index in [4.69, 9.17) is 16.3 Å². The number of unbranched alkanes of at least 4 members (excludes halogenated alkanes) is 2. The van der Waals surface area contributed by atoms with E-state index in [9.17, 15) is 4.79 Å². The molecule has 0 radical (unpaired) electrons. The molecule has 0 fully saturated rings. The van der Waals surface area contributed by atoms with Crippen molar-refractivity contribution >= 4 is 34.7 Å². The first-order valence-electron chi connectivity index (χ1n) is 18.0. The van der Waals surface area contributed by atoms with Crippen molar-refractivity contribution in [3.63, 3.8) is 0 Å². The van der Waals surface area contributed by atoms with E-state index in [-0.39, 0.29) is 22.7 Å². The fourth-order valence-electron chi connectivity index (χ4n) is 7.86. The molecule has 2 heterocycles. The Balaban J connectivity index is 1.18. The van der Waals surface area contributed by atoms with E-state index in [1.165, 1.54) is 39.5 Å². The van der Waals surface area contributed by atoms with Crippen LogP contribution in [0.25, 0.3) is 0 Å². The van der Waals surface area contributed by atoms with Gasteiger partial charge in [0.2, 0.25) is 5.69 Å². The molecule has 0 saturated carbocycles. The zero-order valence-electron chi connectivity index (χ0n) is 29.8. The normalized spacial score (nSPS) is 19.3. The van der Waals surface area contributed by atoms with Crippen LogP contribution in [0.4, 0.5) is 11.4 Å². The molecule has 1 aliphatic carbocycles. The van der Waals surface area contributed by atoms with Gasteiger partial charge in [0.05, 0.1) is 11.1 Å². The summed E-state index contributed by atoms with van der Waals surface area (Å²) in [5.41, 5.74) is 12.6. The van der Waals surface area contributed by atoms with Crippen molar-refractivity contribution < 1.29 is 14.1 Å². The van der Waals surface area contributed by atoms with Gasteiger partial charge in [0.1, 0.15) is 12.3 Å². The number of allylic oxidation sites excluding steroid dienone is 5. The summed E-state index contributed by atoms with van der Waals surface area (Å²) in [7, 11) is 0. The lowest BCUT2D eigenvalue weighted by atomic mass is 9.81. The second kappa shape index (κ2) is 14.8. The van der Waals surface area contributed by atoms with Crippen LogP contribution in [0, 0.1) is 5.92 Å². The second-order valence-corrected chi connectivity index (χ2v) is 14.9. The van der Waals surface area contributed by atoms with E-state index in [1.807, 2.05) is 30.3 Å². The molecule has 0 bridgehead atoms. The molecule has 0 amide bonds. The van der Waals surface area contributed by atoms with Crippen LogP contribution < -0.4 is 9.64 Å². The molecule has 5 heteroatoms. The van der Waals surface area contributed by atoms with Crippen LogP contribution in [-0.4, -0.2) is 29.3 Å². The Bertz CT molecular complexity index is 1860. The van der Waals surface area contributed by atoms with Crippen molar-refractivity contribution in [2.24, 2.45) is 5.92 Å². The van der Waals surface area contributed by atoms with Gasteiger partial charge in [-0.15, -0.1) is 5.73 Å². The van der Waals surface area contributed by atoms with Crippen LogP contribution in [-0.2, 0) is 15.6 Å². The third kappa shape index (κ3) is 7.14. The molecule has 3 aromatic carbocycles. The number of benzene rings is 3. The molecule has 254 valence electrons. The molecule has 1 unspecified atom stereocenters. The monoisotopic (exact) mass is 673 g/mol. The number of para-hydroxylation sites is 3. The maximum Gasteiger partial charge on any atom is 0.311 e. The minimum Gasteiger partial charge on any atom is -0.427 e. The summed E-state index contributed by atoms with van der Waals surface area (Å²) in [5, 5.41) is 0.940. The summed E-state index contributed by atoms with van der Waals surface area (Å²) in [5.74, 6) is 0.569. The molecular weight excluding hydrogens is 624 g/mol. The number of carbonyl (C=O) groups is 1. The molecular formula is C44H50ClN2O2+. The average molecular weight is 674 g/mol. The van der Waals surface area contributed by atoms with Crippen LogP contribution >= 0.6 is 11.6 Å². The van der Waals surface area contributed by atoms with Crippen molar-refractivity contribution in [2.45, 2.75) is 90.4 Å². The van der Waals surface area contributed by atoms with Crippen LogP contribution in [0.3, 0.4) is 0 Å². The Labute approximate surface area is 298 Å². The van der Waals surface area contributed by atoms with Crippen LogP contribution in [0.5, 0.6) is 5.75 Å². The van der Waals surface area contributed by atoms with Gasteiger partial charge in [-0.05, 0) is 102 Å². The first-order valence-corrected chi connectivity index (χ1v) is 18.4. The topological polar surface area (TPSA) is 32.5 Å². The second-order valence-electron chi connectivity index (χ2n) is 14.5. The summed E-state index contributed by atoms with van der Waals surface area (Å²) in [4.78, 5) is 14.8. The number of rotatable bonds is 11. The standard InChI is InChI=1S/C44H50ClN2O2/c1-6-46-37-24-14-12-22-35(37)43(2,3)39(46)29-27-32-18-17-19-33(42(32)45)28-30-40-44(4,5)36-23-13-15-25-38(36)47(40)31-16-8-11-26-41(48)49-34-20-9-7-10-21-34/h7,9-10,12-15,20-25,27-29,33H,6,8,11,16-19,26,31H2,1-5H3/q+1/b29-27+. The molecule has 0 spiro atoms. The van der Waals surface area contributed by atoms with Gasteiger partial charge in [0, 0.05) is 52.7 Å². The highest BCUT2D eigenvalue weighted by molar-refractivity contribution is 6.30. The number of nitrogens with zero attached hydrogens (tertiary/aromatic N) is 2. The van der Waals surface area contributed by atoms with E-state index in [2.05, 4.69) is 117 Å². The van der Waals surface area contributed by atoms with E-state index in [1.54, 1.807) is 0 Å². The van der Waals surface area contributed by atoms with Crippen molar-refractivity contribution in [1.82, 2.24) is 0 Å². The predicted octanol–water partition coefficient (Wildman–Crippen LogP) is 10.9. The Morgan fingerprint density at radius 2 is 1.63 bits per heavy atom. The maximum absolute atomic E-state index is 12.4. The number of esters is 1. The molecule has 2 aliphatic heterocycles.